The van der Waals surface area contributed by atoms with Crippen LogP contribution in [-0.2, 0) is 11.8 Å². The lowest BCUT2D eigenvalue weighted by molar-refractivity contribution is 0.555. The Kier molecular flexibility index (Phi) is 3.54. The van der Waals surface area contributed by atoms with Crippen molar-refractivity contribution >= 4 is 0 Å². The average molecular weight is 205 g/mol. The van der Waals surface area contributed by atoms with E-state index in [2.05, 4.69) is 53.7 Å². The number of nitrogens with zero attached hydrogens (tertiary/aromatic N) is 1. The summed E-state index contributed by atoms with van der Waals surface area (Å²) in [5.74, 6) is 0.511. The van der Waals surface area contributed by atoms with Crippen LogP contribution in [0.25, 0.3) is 0 Å². The minimum Gasteiger partial charge on any atom is -0.257 e. The SMILES string of the molecule is CCc1ccc(C(C)C)nc1C(C)(C)C. The second-order valence-electron chi connectivity index (χ2n) is 5.50. The molecule has 0 radical (unpaired) electrons. The molecule has 0 saturated carbocycles. The molecule has 1 heteroatoms. The Hall–Kier alpha value is -0.850. The van der Waals surface area contributed by atoms with Crippen molar-refractivity contribution in [1.82, 2.24) is 4.98 Å². The highest BCUT2D eigenvalue weighted by Crippen LogP contribution is 2.26. The van der Waals surface area contributed by atoms with Crippen molar-refractivity contribution < 1.29 is 0 Å². The van der Waals surface area contributed by atoms with Crippen LogP contribution in [0.5, 0.6) is 0 Å². The molecule has 1 heterocycles. The standard InChI is InChI=1S/C14H23N/c1-7-11-8-9-12(10(2)3)15-13(11)14(4,5)6/h8-10H,7H2,1-6H3. The van der Waals surface area contributed by atoms with Crippen LogP contribution in [-0.4, -0.2) is 4.98 Å². The van der Waals surface area contributed by atoms with E-state index in [4.69, 9.17) is 4.98 Å². The van der Waals surface area contributed by atoms with Gasteiger partial charge in [0.2, 0.25) is 0 Å². The molecular formula is C14H23N. The maximum absolute atomic E-state index is 4.81. The maximum atomic E-state index is 4.81. The molecule has 0 unspecified atom stereocenters. The average Bonchev–Trinajstić information content (AvgIpc) is 2.15. The minimum atomic E-state index is 0.149. The van der Waals surface area contributed by atoms with E-state index in [1.807, 2.05) is 0 Å². The van der Waals surface area contributed by atoms with Gasteiger partial charge in [-0.3, -0.25) is 4.98 Å². The van der Waals surface area contributed by atoms with E-state index in [1.165, 1.54) is 17.0 Å². The van der Waals surface area contributed by atoms with Crippen LogP contribution in [0.3, 0.4) is 0 Å². The van der Waals surface area contributed by atoms with E-state index >= 15 is 0 Å². The van der Waals surface area contributed by atoms with Gasteiger partial charge in [0.25, 0.3) is 0 Å². The first kappa shape index (κ1) is 12.2. The number of hydrogen-bond donors (Lipinski definition) is 0. The van der Waals surface area contributed by atoms with Gasteiger partial charge >= 0.3 is 0 Å². The number of rotatable bonds is 2. The van der Waals surface area contributed by atoms with Crippen LogP contribution in [0, 0.1) is 0 Å². The van der Waals surface area contributed by atoms with Gasteiger partial charge in [-0.15, -0.1) is 0 Å². The summed E-state index contributed by atoms with van der Waals surface area (Å²) in [5, 5.41) is 0. The molecule has 0 spiro atoms. The topological polar surface area (TPSA) is 12.9 Å². The van der Waals surface area contributed by atoms with Gasteiger partial charge in [-0.2, -0.15) is 0 Å². The van der Waals surface area contributed by atoms with Crippen molar-refractivity contribution in [2.75, 3.05) is 0 Å². The highest BCUT2D eigenvalue weighted by atomic mass is 14.7. The molecule has 0 amide bonds. The summed E-state index contributed by atoms with van der Waals surface area (Å²) in [6, 6.07) is 4.40. The number of aryl methyl sites for hydroxylation is 1. The van der Waals surface area contributed by atoms with Crippen LogP contribution in [0.4, 0.5) is 0 Å². The molecule has 0 aliphatic carbocycles. The molecule has 0 aliphatic heterocycles. The Balaban J connectivity index is 3.26. The summed E-state index contributed by atoms with van der Waals surface area (Å²) in [4.78, 5) is 4.81. The van der Waals surface area contributed by atoms with E-state index in [0.29, 0.717) is 5.92 Å². The molecule has 84 valence electrons. The van der Waals surface area contributed by atoms with Gasteiger partial charge < -0.3 is 0 Å². The number of aromatic nitrogens is 1. The Morgan fingerprint density at radius 3 is 2.20 bits per heavy atom. The monoisotopic (exact) mass is 205 g/mol. The van der Waals surface area contributed by atoms with Gasteiger partial charge in [-0.25, -0.2) is 0 Å². The maximum Gasteiger partial charge on any atom is 0.0492 e. The van der Waals surface area contributed by atoms with Crippen molar-refractivity contribution in [3.05, 3.63) is 29.1 Å². The largest absolute Gasteiger partial charge is 0.257 e. The third-order valence-electron chi connectivity index (χ3n) is 2.68. The molecule has 0 aliphatic rings. The first-order valence-electron chi connectivity index (χ1n) is 5.86. The smallest absolute Gasteiger partial charge is 0.0492 e. The van der Waals surface area contributed by atoms with Crippen LogP contribution in [0.2, 0.25) is 0 Å². The van der Waals surface area contributed by atoms with Crippen molar-refractivity contribution in [1.29, 1.82) is 0 Å². The zero-order valence-corrected chi connectivity index (χ0v) is 10.9. The highest BCUT2D eigenvalue weighted by molar-refractivity contribution is 5.29. The van der Waals surface area contributed by atoms with Crippen LogP contribution < -0.4 is 0 Å². The Morgan fingerprint density at radius 1 is 1.20 bits per heavy atom. The van der Waals surface area contributed by atoms with Gasteiger partial charge in [0.1, 0.15) is 0 Å². The second-order valence-corrected chi connectivity index (χ2v) is 5.50. The molecule has 1 aromatic heterocycles. The Bertz CT molecular complexity index is 332. The summed E-state index contributed by atoms with van der Waals surface area (Å²) in [5.41, 5.74) is 4.00. The minimum absolute atomic E-state index is 0.149. The zero-order chi connectivity index (χ0) is 11.6. The summed E-state index contributed by atoms with van der Waals surface area (Å²) >= 11 is 0. The molecule has 0 aromatic carbocycles. The lowest BCUT2D eigenvalue weighted by Gasteiger charge is -2.22. The second kappa shape index (κ2) is 4.34. The van der Waals surface area contributed by atoms with Gasteiger partial charge in [0, 0.05) is 16.8 Å². The first-order chi connectivity index (χ1) is 6.86. The first-order valence-corrected chi connectivity index (χ1v) is 5.86. The lowest BCUT2D eigenvalue weighted by atomic mass is 9.87. The van der Waals surface area contributed by atoms with Crippen molar-refractivity contribution in [3.63, 3.8) is 0 Å². The van der Waals surface area contributed by atoms with E-state index < -0.39 is 0 Å². The summed E-state index contributed by atoms with van der Waals surface area (Å²) in [6.45, 7) is 13.3. The van der Waals surface area contributed by atoms with Gasteiger partial charge in [-0.1, -0.05) is 47.6 Å². The van der Waals surface area contributed by atoms with Crippen LogP contribution in [0.1, 0.15) is 64.4 Å². The zero-order valence-electron chi connectivity index (χ0n) is 10.9. The van der Waals surface area contributed by atoms with E-state index in [1.54, 1.807) is 0 Å². The van der Waals surface area contributed by atoms with Crippen LogP contribution in [0.15, 0.2) is 12.1 Å². The van der Waals surface area contributed by atoms with Gasteiger partial charge in [0.05, 0.1) is 0 Å². The molecule has 15 heavy (non-hydrogen) atoms. The quantitative estimate of drug-likeness (QED) is 0.709. The molecule has 0 N–H and O–H groups in total. The lowest BCUT2D eigenvalue weighted by Crippen LogP contribution is -2.17. The van der Waals surface area contributed by atoms with Crippen LogP contribution >= 0.6 is 0 Å². The fourth-order valence-corrected chi connectivity index (χ4v) is 1.76. The molecule has 0 atom stereocenters. The summed E-state index contributed by atoms with van der Waals surface area (Å²) in [6.07, 6.45) is 1.07. The summed E-state index contributed by atoms with van der Waals surface area (Å²) < 4.78 is 0. The fraction of sp³-hybridized carbons (Fsp3) is 0.643. The van der Waals surface area contributed by atoms with E-state index in [-0.39, 0.29) is 5.41 Å². The number of pyridine rings is 1. The van der Waals surface area contributed by atoms with Gasteiger partial charge in [-0.05, 0) is 24.0 Å². The molecule has 1 nitrogen and oxygen atoms in total. The predicted octanol–water partition coefficient (Wildman–Crippen LogP) is 4.06. The van der Waals surface area contributed by atoms with Gasteiger partial charge in [0.15, 0.2) is 0 Å². The third-order valence-corrected chi connectivity index (χ3v) is 2.68. The summed E-state index contributed by atoms with van der Waals surface area (Å²) in [7, 11) is 0. The normalized spacial score (nSPS) is 12.2. The molecule has 1 aromatic rings. The van der Waals surface area contributed by atoms with Crippen molar-refractivity contribution in [2.45, 2.75) is 59.3 Å². The van der Waals surface area contributed by atoms with Crippen molar-refractivity contribution in [2.24, 2.45) is 0 Å². The number of hydrogen-bond acceptors (Lipinski definition) is 1. The van der Waals surface area contributed by atoms with E-state index in [9.17, 15) is 0 Å². The van der Waals surface area contributed by atoms with E-state index in [0.717, 1.165) is 6.42 Å². The highest BCUT2D eigenvalue weighted by Gasteiger charge is 2.19. The molecular weight excluding hydrogens is 182 g/mol. The molecule has 0 bridgehead atoms. The molecule has 1 rings (SSSR count). The molecule has 0 fully saturated rings. The Morgan fingerprint density at radius 2 is 1.80 bits per heavy atom. The molecule has 0 saturated heterocycles. The predicted molar refractivity (Wildman–Crippen MR) is 66.4 cm³/mol. The fourth-order valence-electron chi connectivity index (χ4n) is 1.76. The Labute approximate surface area is 93.9 Å². The third kappa shape index (κ3) is 2.80. The van der Waals surface area contributed by atoms with Crippen molar-refractivity contribution in [3.8, 4) is 0 Å².